The average molecular weight is 191 g/mol. The molecule has 1 unspecified atom stereocenters. The van der Waals surface area contributed by atoms with Crippen molar-refractivity contribution in [3.63, 3.8) is 0 Å². The molecule has 0 aliphatic heterocycles. The van der Waals surface area contributed by atoms with Crippen LogP contribution in [0.5, 0.6) is 5.75 Å². The van der Waals surface area contributed by atoms with Crippen molar-refractivity contribution < 1.29 is 9.09 Å². The molecule has 0 aliphatic rings. The summed E-state index contributed by atoms with van der Waals surface area (Å²) in [5, 5.41) is 2.09. The van der Waals surface area contributed by atoms with Crippen molar-refractivity contribution in [3.8, 4) is 5.75 Å². The molecular formula is C10H8O2P. The van der Waals surface area contributed by atoms with Crippen LogP contribution in [0.1, 0.15) is 0 Å². The Morgan fingerprint density at radius 1 is 1.00 bits per heavy atom. The molecule has 0 amide bonds. The van der Waals surface area contributed by atoms with Gasteiger partial charge in [-0.15, -0.1) is 0 Å². The Morgan fingerprint density at radius 2 is 1.77 bits per heavy atom. The molecule has 3 heteroatoms. The first-order chi connectivity index (χ1) is 6.42. The zero-order valence-corrected chi connectivity index (χ0v) is 7.86. The molecule has 2 nitrogen and oxygen atoms in total. The van der Waals surface area contributed by atoms with E-state index in [1.54, 1.807) is 0 Å². The SMILES string of the molecule is O=[PH]Oc1cccc2ccccc12. The Balaban J connectivity index is 2.68. The summed E-state index contributed by atoms with van der Waals surface area (Å²) in [4.78, 5) is 0. The quantitative estimate of drug-likeness (QED) is 0.681. The van der Waals surface area contributed by atoms with Crippen LogP contribution in [0.25, 0.3) is 10.8 Å². The molecule has 0 aromatic heterocycles. The van der Waals surface area contributed by atoms with Gasteiger partial charge in [-0.05, 0) is 11.5 Å². The summed E-state index contributed by atoms with van der Waals surface area (Å²) in [6, 6.07) is 13.5. The Morgan fingerprint density at radius 3 is 2.62 bits per heavy atom. The van der Waals surface area contributed by atoms with E-state index >= 15 is 0 Å². The van der Waals surface area contributed by atoms with Gasteiger partial charge in [0.1, 0.15) is 5.75 Å². The van der Waals surface area contributed by atoms with Gasteiger partial charge in [0.25, 0.3) is 8.69 Å². The fraction of sp³-hybridized carbons (Fsp3) is 0. The van der Waals surface area contributed by atoms with Crippen LogP contribution in [0.15, 0.2) is 42.5 Å². The largest absolute Gasteiger partial charge is 0.418 e. The highest BCUT2D eigenvalue weighted by molar-refractivity contribution is 7.17. The van der Waals surface area contributed by atoms with Gasteiger partial charge in [-0.2, -0.15) is 0 Å². The van der Waals surface area contributed by atoms with Gasteiger partial charge in [-0.1, -0.05) is 36.4 Å². The number of fused-ring (bicyclic) bond motifs is 1. The molecule has 13 heavy (non-hydrogen) atoms. The molecule has 2 rings (SSSR count). The second-order valence-electron chi connectivity index (χ2n) is 2.66. The van der Waals surface area contributed by atoms with E-state index in [2.05, 4.69) is 0 Å². The molecule has 2 aromatic carbocycles. The molecule has 0 fully saturated rings. The lowest BCUT2D eigenvalue weighted by Crippen LogP contribution is -1.77. The van der Waals surface area contributed by atoms with Crippen LogP contribution in [-0.2, 0) is 4.57 Å². The molecule has 65 valence electrons. The Kier molecular flexibility index (Phi) is 2.24. The molecular weight excluding hydrogens is 183 g/mol. The smallest absolute Gasteiger partial charge is 0.253 e. The second-order valence-corrected chi connectivity index (χ2v) is 3.03. The Labute approximate surface area is 77.4 Å². The fourth-order valence-electron chi connectivity index (χ4n) is 1.33. The first-order valence-electron chi connectivity index (χ1n) is 3.93. The van der Waals surface area contributed by atoms with Crippen molar-refractivity contribution in [1.29, 1.82) is 0 Å². The van der Waals surface area contributed by atoms with E-state index in [1.165, 1.54) is 0 Å². The van der Waals surface area contributed by atoms with E-state index < -0.39 is 8.69 Å². The summed E-state index contributed by atoms with van der Waals surface area (Å²) in [6.45, 7) is 0. The van der Waals surface area contributed by atoms with E-state index in [1.807, 2.05) is 42.5 Å². The molecule has 1 radical (unpaired) electrons. The zero-order chi connectivity index (χ0) is 9.10. The Hall–Kier alpha value is -1.40. The van der Waals surface area contributed by atoms with Crippen molar-refractivity contribution in [2.45, 2.75) is 0 Å². The van der Waals surface area contributed by atoms with Gasteiger partial charge in [0, 0.05) is 5.39 Å². The van der Waals surface area contributed by atoms with E-state index in [4.69, 9.17) is 4.52 Å². The van der Waals surface area contributed by atoms with Gasteiger partial charge in [-0.3, -0.25) is 0 Å². The molecule has 0 saturated carbocycles. The summed E-state index contributed by atoms with van der Waals surface area (Å²) in [5.41, 5.74) is 0. The molecule has 0 spiro atoms. The zero-order valence-electron chi connectivity index (χ0n) is 6.86. The van der Waals surface area contributed by atoms with E-state index in [0.717, 1.165) is 10.8 Å². The van der Waals surface area contributed by atoms with Gasteiger partial charge in [0.15, 0.2) is 0 Å². The third-order valence-corrected chi connectivity index (χ3v) is 2.20. The van der Waals surface area contributed by atoms with E-state index in [-0.39, 0.29) is 0 Å². The molecule has 0 aliphatic carbocycles. The average Bonchev–Trinajstić information content (AvgIpc) is 2.19. The molecule has 0 N–H and O–H groups in total. The van der Waals surface area contributed by atoms with E-state index in [9.17, 15) is 4.57 Å². The highest BCUT2D eigenvalue weighted by atomic mass is 31.1. The second kappa shape index (κ2) is 3.55. The minimum absolute atomic E-state index is 0.673. The highest BCUT2D eigenvalue weighted by Crippen LogP contribution is 2.26. The van der Waals surface area contributed by atoms with Crippen molar-refractivity contribution >= 4 is 19.5 Å². The monoisotopic (exact) mass is 191 g/mol. The van der Waals surface area contributed by atoms with Gasteiger partial charge >= 0.3 is 0 Å². The minimum Gasteiger partial charge on any atom is -0.418 e. The number of hydrogen-bond acceptors (Lipinski definition) is 2. The first-order valence-corrected chi connectivity index (χ1v) is 4.75. The molecule has 2 aromatic rings. The summed E-state index contributed by atoms with van der Waals surface area (Å²) in [6.07, 6.45) is 0. The summed E-state index contributed by atoms with van der Waals surface area (Å²) in [7, 11) is -0.751. The van der Waals surface area contributed by atoms with E-state index in [0.29, 0.717) is 5.75 Å². The number of rotatable bonds is 2. The van der Waals surface area contributed by atoms with Gasteiger partial charge in [0.05, 0.1) is 0 Å². The van der Waals surface area contributed by atoms with Gasteiger partial charge < -0.3 is 4.52 Å². The van der Waals surface area contributed by atoms with Crippen LogP contribution >= 0.6 is 8.69 Å². The summed E-state index contributed by atoms with van der Waals surface area (Å²) in [5.74, 6) is 0.673. The third-order valence-electron chi connectivity index (χ3n) is 1.90. The van der Waals surface area contributed by atoms with Crippen LogP contribution in [0.2, 0.25) is 0 Å². The molecule has 0 saturated heterocycles. The summed E-state index contributed by atoms with van der Waals surface area (Å²) < 4.78 is 15.3. The lowest BCUT2D eigenvalue weighted by Gasteiger charge is -2.02. The number of benzene rings is 2. The lowest BCUT2D eigenvalue weighted by atomic mass is 10.1. The Bertz CT molecular complexity index is 434. The molecule has 1 atom stereocenters. The topological polar surface area (TPSA) is 26.3 Å². The molecule has 0 heterocycles. The summed E-state index contributed by atoms with van der Waals surface area (Å²) >= 11 is 0. The fourth-order valence-corrected chi connectivity index (χ4v) is 1.60. The maximum absolute atomic E-state index is 10.3. The maximum Gasteiger partial charge on any atom is 0.253 e. The highest BCUT2D eigenvalue weighted by Gasteiger charge is 1.98. The van der Waals surface area contributed by atoms with Crippen LogP contribution in [0.3, 0.4) is 0 Å². The van der Waals surface area contributed by atoms with Crippen LogP contribution in [-0.4, -0.2) is 0 Å². The lowest BCUT2D eigenvalue weighted by molar-refractivity contribution is 0.528. The predicted octanol–water partition coefficient (Wildman–Crippen LogP) is 3.16. The third kappa shape index (κ3) is 1.53. The van der Waals surface area contributed by atoms with Crippen molar-refractivity contribution in [2.24, 2.45) is 0 Å². The predicted molar refractivity (Wildman–Crippen MR) is 53.6 cm³/mol. The van der Waals surface area contributed by atoms with Crippen LogP contribution in [0, 0.1) is 0 Å². The van der Waals surface area contributed by atoms with Crippen molar-refractivity contribution in [3.05, 3.63) is 42.5 Å². The van der Waals surface area contributed by atoms with Crippen LogP contribution in [0.4, 0.5) is 0 Å². The van der Waals surface area contributed by atoms with Crippen molar-refractivity contribution in [2.75, 3.05) is 0 Å². The van der Waals surface area contributed by atoms with Crippen molar-refractivity contribution in [1.82, 2.24) is 0 Å². The molecule has 0 bridgehead atoms. The van der Waals surface area contributed by atoms with Crippen LogP contribution < -0.4 is 4.52 Å². The van der Waals surface area contributed by atoms with Gasteiger partial charge in [-0.25, -0.2) is 4.57 Å². The van der Waals surface area contributed by atoms with Gasteiger partial charge in [0.2, 0.25) is 0 Å². The normalized spacial score (nSPS) is 10.5. The first kappa shape index (κ1) is 8.21. The number of hydrogen-bond donors (Lipinski definition) is 0. The maximum atomic E-state index is 10.3. The standard InChI is InChI=1S/C10H8O2P/c11-13-12-10-7-3-5-8-4-1-2-6-9(8)10/h1-7,13H. The minimum atomic E-state index is -0.751.